The first-order chi connectivity index (χ1) is 13.0. The Balaban J connectivity index is 1.64. The van der Waals surface area contributed by atoms with Gasteiger partial charge in [0.15, 0.2) is 5.78 Å². The second-order valence-electron chi connectivity index (χ2n) is 8.18. The van der Waals surface area contributed by atoms with Crippen LogP contribution in [-0.4, -0.2) is 23.6 Å². The van der Waals surface area contributed by atoms with Gasteiger partial charge in [-0.1, -0.05) is 33.1 Å². The van der Waals surface area contributed by atoms with Crippen molar-refractivity contribution in [1.29, 1.82) is 0 Å². The Morgan fingerprint density at radius 3 is 2.59 bits per heavy atom. The molecule has 1 heterocycles. The molecule has 1 saturated carbocycles. The van der Waals surface area contributed by atoms with Crippen molar-refractivity contribution in [2.75, 3.05) is 11.4 Å². The first-order valence-corrected chi connectivity index (χ1v) is 11.1. The largest absolute Gasteiger partial charge is 0.312 e. The van der Waals surface area contributed by atoms with Crippen LogP contribution in [0.2, 0.25) is 0 Å². The van der Waals surface area contributed by atoms with E-state index in [1.807, 2.05) is 30.0 Å². The molecule has 3 rings (SSSR count). The number of carbonyl (C=O) groups excluding carboxylic acids is 2. The molecule has 27 heavy (non-hydrogen) atoms. The summed E-state index contributed by atoms with van der Waals surface area (Å²) in [7, 11) is 0. The molecule has 0 bridgehead atoms. The highest BCUT2D eigenvalue weighted by Gasteiger charge is 2.33. The Hall–Kier alpha value is -1.35. The number of carbonyl (C=O) groups is 2. The van der Waals surface area contributed by atoms with Gasteiger partial charge in [-0.15, -0.1) is 11.6 Å². The van der Waals surface area contributed by atoms with Gasteiger partial charge in [-0.25, -0.2) is 0 Å². The molecule has 1 unspecified atom stereocenters. The van der Waals surface area contributed by atoms with Crippen molar-refractivity contribution in [2.24, 2.45) is 11.8 Å². The molecule has 1 aromatic carbocycles. The molecule has 3 nitrogen and oxygen atoms in total. The summed E-state index contributed by atoms with van der Waals surface area (Å²) in [5, 5.41) is -0.468. The maximum atomic E-state index is 13.1. The van der Waals surface area contributed by atoms with Gasteiger partial charge in [-0.05, 0) is 68.2 Å². The van der Waals surface area contributed by atoms with Crippen molar-refractivity contribution in [3.8, 4) is 0 Å². The number of anilines is 1. The first kappa shape index (κ1) is 20.4. The average Bonchev–Trinajstić information content (AvgIpc) is 3.14. The minimum Gasteiger partial charge on any atom is -0.312 e. The van der Waals surface area contributed by atoms with Crippen LogP contribution in [0, 0.1) is 11.8 Å². The number of unbranched alkanes of at least 4 members (excludes halogenated alkanes) is 1. The summed E-state index contributed by atoms with van der Waals surface area (Å²) in [6.07, 6.45) is 9.79. The zero-order valence-corrected chi connectivity index (χ0v) is 17.4. The average molecular weight is 390 g/mol. The van der Waals surface area contributed by atoms with Crippen molar-refractivity contribution in [2.45, 2.75) is 77.0 Å². The minimum atomic E-state index is -0.468. The van der Waals surface area contributed by atoms with Crippen LogP contribution >= 0.6 is 11.6 Å². The smallest absolute Gasteiger partial charge is 0.230 e. The fourth-order valence-corrected chi connectivity index (χ4v) is 4.69. The zero-order valence-electron chi connectivity index (χ0n) is 16.7. The van der Waals surface area contributed by atoms with Crippen LogP contribution in [0.4, 0.5) is 5.69 Å². The Bertz CT molecular complexity index is 679. The number of rotatable bonds is 7. The van der Waals surface area contributed by atoms with E-state index in [1.54, 1.807) is 0 Å². The standard InChI is InChI=1S/C23H32ClNO2/c1-3-5-6-16-7-9-17(10-8-16)23(27)25-14-13-18-15-19(11-12-21(18)25)22(26)20(24)4-2/h11-12,15-17,20H,3-10,13-14H2,1-2H3. The van der Waals surface area contributed by atoms with Gasteiger partial charge in [0.25, 0.3) is 0 Å². The normalized spacial score (nSPS) is 23.1. The topological polar surface area (TPSA) is 37.4 Å². The first-order valence-electron chi connectivity index (χ1n) is 10.7. The number of nitrogens with zero attached hydrogens (tertiary/aromatic N) is 1. The Kier molecular flexibility index (Phi) is 6.97. The molecule has 148 valence electrons. The third-order valence-corrected chi connectivity index (χ3v) is 6.84. The number of fused-ring (bicyclic) bond motifs is 1. The van der Waals surface area contributed by atoms with E-state index in [2.05, 4.69) is 6.92 Å². The van der Waals surface area contributed by atoms with Crippen molar-refractivity contribution >= 4 is 29.0 Å². The lowest BCUT2D eigenvalue weighted by Gasteiger charge is -2.30. The lowest BCUT2D eigenvalue weighted by atomic mass is 9.79. The molecule has 0 spiro atoms. The number of alkyl halides is 1. The summed E-state index contributed by atoms with van der Waals surface area (Å²) in [5.74, 6) is 1.25. The van der Waals surface area contributed by atoms with Gasteiger partial charge < -0.3 is 4.90 Å². The second kappa shape index (κ2) is 9.23. The van der Waals surface area contributed by atoms with Gasteiger partial charge in [0.2, 0.25) is 5.91 Å². The van der Waals surface area contributed by atoms with Crippen LogP contribution < -0.4 is 4.90 Å². The quantitative estimate of drug-likeness (QED) is 0.438. The second-order valence-corrected chi connectivity index (χ2v) is 8.71. The maximum absolute atomic E-state index is 13.1. The van der Waals surface area contributed by atoms with Gasteiger partial charge in [-0.3, -0.25) is 9.59 Å². The molecule has 1 aliphatic heterocycles. The maximum Gasteiger partial charge on any atom is 0.230 e. The molecule has 1 amide bonds. The highest BCUT2D eigenvalue weighted by molar-refractivity contribution is 6.33. The molecule has 1 atom stereocenters. The van der Waals surface area contributed by atoms with Crippen molar-refractivity contribution in [3.05, 3.63) is 29.3 Å². The predicted octanol–water partition coefficient (Wildman–Crippen LogP) is 5.77. The van der Waals surface area contributed by atoms with Crippen LogP contribution in [0.3, 0.4) is 0 Å². The van der Waals surface area contributed by atoms with Crippen molar-refractivity contribution < 1.29 is 9.59 Å². The molecule has 0 radical (unpaired) electrons. The van der Waals surface area contributed by atoms with E-state index >= 15 is 0 Å². The summed E-state index contributed by atoms with van der Waals surface area (Å²) in [6, 6.07) is 5.72. The van der Waals surface area contributed by atoms with Gasteiger partial charge in [0, 0.05) is 23.7 Å². The van der Waals surface area contributed by atoms with Gasteiger partial charge in [0.05, 0.1) is 5.38 Å². The molecule has 2 aliphatic rings. The molecular formula is C23H32ClNO2. The van der Waals surface area contributed by atoms with Gasteiger partial charge in [-0.2, -0.15) is 0 Å². The van der Waals surface area contributed by atoms with E-state index in [4.69, 9.17) is 11.6 Å². The van der Waals surface area contributed by atoms with Crippen LogP contribution in [0.25, 0.3) is 0 Å². The number of ketones is 1. The molecule has 0 N–H and O–H groups in total. The number of hydrogen-bond donors (Lipinski definition) is 0. The number of Topliss-reactive ketones (excluding diaryl/α,β-unsaturated/α-hetero) is 1. The molecule has 0 saturated heterocycles. The van der Waals surface area contributed by atoms with Crippen LogP contribution in [0.15, 0.2) is 18.2 Å². The summed E-state index contributed by atoms with van der Waals surface area (Å²) in [4.78, 5) is 27.4. The van der Waals surface area contributed by atoms with Gasteiger partial charge >= 0.3 is 0 Å². The van der Waals surface area contributed by atoms with Gasteiger partial charge in [0.1, 0.15) is 0 Å². The summed E-state index contributed by atoms with van der Waals surface area (Å²) in [6.45, 7) is 4.90. The van der Waals surface area contributed by atoms with Crippen molar-refractivity contribution in [3.63, 3.8) is 0 Å². The third kappa shape index (κ3) is 4.56. The molecule has 0 aromatic heterocycles. The zero-order chi connectivity index (χ0) is 19.4. The van der Waals surface area contributed by atoms with Crippen LogP contribution in [-0.2, 0) is 11.2 Å². The van der Waals surface area contributed by atoms with E-state index < -0.39 is 5.38 Å². The van der Waals surface area contributed by atoms with Crippen LogP contribution in [0.1, 0.15) is 81.1 Å². The SMILES string of the molecule is CCCCC1CCC(C(=O)N2CCc3cc(C(=O)C(Cl)CC)ccc32)CC1. The van der Waals surface area contributed by atoms with E-state index in [-0.39, 0.29) is 17.6 Å². The predicted molar refractivity (Wildman–Crippen MR) is 112 cm³/mol. The lowest BCUT2D eigenvalue weighted by molar-refractivity contribution is -0.123. The number of halogens is 1. The number of amides is 1. The monoisotopic (exact) mass is 389 g/mol. The van der Waals surface area contributed by atoms with E-state index in [1.165, 1.54) is 32.1 Å². The summed E-state index contributed by atoms with van der Waals surface area (Å²) in [5.41, 5.74) is 2.76. The molecule has 1 aromatic rings. The van der Waals surface area contributed by atoms with Crippen LogP contribution in [0.5, 0.6) is 0 Å². The summed E-state index contributed by atoms with van der Waals surface area (Å²) < 4.78 is 0. The highest BCUT2D eigenvalue weighted by atomic mass is 35.5. The van der Waals surface area contributed by atoms with E-state index in [9.17, 15) is 9.59 Å². The lowest BCUT2D eigenvalue weighted by Crippen LogP contribution is -2.36. The number of hydrogen-bond acceptors (Lipinski definition) is 2. The Morgan fingerprint density at radius 1 is 1.19 bits per heavy atom. The molecule has 1 fully saturated rings. The molecule has 4 heteroatoms. The third-order valence-electron chi connectivity index (χ3n) is 6.33. The Labute approximate surface area is 168 Å². The van der Waals surface area contributed by atoms with E-state index in [0.717, 1.165) is 43.0 Å². The highest BCUT2D eigenvalue weighted by Crippen LogP contribution is 2.36. The molecule has 1 aliphatic carbocycles. The fourth-order valence-electron chi connectivity index (χ4n) is 4.56. The van der Waals surface area contributed by atoms with Crippen molar-refractivity contribution in [1.82, 2.24) is 0 Å². The molecular weight excluding hydrogens is 358 g/mol. The minimum absolute atomic E-state index is 0.0165. The Morgan fingerprint density at radius 2 is 1.93 bits per heavy atom. The van der Waals surface area contributed by atoms with E-state index in [0.29, 0.717) is 12.0 Å². The fraction of sp³-hybridized carbons (Fsp3) is 0.652. The summed E-state index contributed by atoms with van der Waals surface area (Å²) >= 11 is 6.11. The number of benzene rings is 1.